The molecule has 0 aliphatic rings. The van der Waals surface area contributed by atoms with Gasteiger partial charge in [0.25, 0.3) is 10.1 Å². The van der Waals surface area contributed by atoms with Crippen molar-refractivity contribution >= 4 is 43.4 Å². The highest BCUT2D eigenvalue weighted by Crippen LogP contribution is 2.45. The number of rotatable bonds is 4. The van der Waals surface area contributed by atoms with Crippen molar-refractivity contribution in [3.05, 3.63) is 24.3 Å². The van der Waals surface area contributed by atoms with Gasteiger partial charge in [-0.15, -0.1) is 11.3 Å². The third-order valence-electron chi connectivity index (χ3n) is 3.71. The van der Waals surface area contributed by atoms with E-state index in [1.54, 1.807) is 13.8 Å². The quantitative estimate of drug-likeness (QED) is 0.681. The Morgan fingerprint density at radius 2 is 1.80 bits per heavy atom. The molecule has 2 aromatic rings. The summed E-state index contributed by atoms with van der Waals surface area (Å²) in [6.45, 7) is 6.67. The molecule has 0 spiro atoms. The molecule has 2 rings (SSSR count). The lowest BCUT2D eigenvalue weighted by Gasteiger charge is -2.37. The molecular weight excluding hydrogens is 314 g/mol. The van der Waals surface area contributed by atoms with Gasteiger partial charge in [-0.3, -0.25) is 4.55 Å². The Morgan fingerprint density at radius 1 is 1.20 bits per heavy atom. The van der Waals surface area contributed by atoms with E-state index in [1.807, 2.05) is 24.3 Å². The molecule has 0 fully saturated rings. The third-order valence-corrected chi connectivity index (χ3v) is 8.26. The number of para-hydroxylation sites is 1. The minimum Gasteiger partial charge on any atom is -0.285 e. The average molecular weight is 331 g/mol. The summed E-state index contributed by atoms with van der Waals surface area (Å²) in [6, 6.07) is 7.78. The second kappa shape index (κ2) is 4.98. The molecular formula is C13H17NO3S3. The van der Waals surface area contributed by atoms with Gasteiger partial charge in [0.15, 0.2) is 4.34 Å². The van der Waals surface area contributed by atoms with Crippen LogP contribution >= 0.6 is 23.1 Å². The number of aromatic nitrogens is 1. The number of nitrogens with zero attached hydrogens (tertiary/aromatic N) is 1. The number of hydrogen-bond donors (Lipinski definition) is 1. The Hall–Kier alpha value is -0.630. The van der Waals surface area contributed by atoms with Crippen LogP contribution < -0.4 is 0 Å². The first-order chi connectivity index (χ1) is 9.04. The minimum absolute atomic E-state index is 0.714. The summed E-state index contributed by atoms with van der Waals surface area (Å²) in [4.78, 5) is 4.50. The van der Waals surface area contributed by atoms with E-state index in [9.17, 15) is 13.0 Å². The molecule has 0 radical (unpaired) electrons. The van der Waals surface area contributed by atoms with E-state index < -0.39 is 19.6 Å². The zero-order valence-corrected chi connectivity index (χ0v) is 14.2. The maximum atomic E-state index is 11.6. The van der Waals surface area contributed by atoms with Crippen molar-refractivity contribution in [1.82, 2.24) is 4.98 Å². The number of thioether (sulfide) groups is 1. The van der Waals surface area contributed by atoms with Gasteiger partial charge in [-0.05, 0) is 39.8 Å². The van der Waals surface area contributed by atoms with Gasteiger partial charge < -0.3 is 0 Å². The Balaban J connectivity index is 2.37. The smallest absolute Gasteiger partial charge is 0.271 e. The number of fused-ring (bicyclic) bond motifs is 1. The summed E-state index contributed by atoms with van der Waals surface area (Å²) in [6.07, 6.45) is 0. The van der Waals surface area contributed by atoms with Crippen molar-refractivity contribution in [2.45, 2.75) is 41.5 Å². The van der Waals surface area contributed by atoms with E-state index in [0.717, 1.165) is 14.6 Å². The summed E-state index contributed by atoms with van der Waals surface area (Å²) in [7, 11) is -4.15. The molecule has 1 aromatic carbocycles. The predicted molar refractivity (Wildman–Crippen MR) is 85.2 cm³/mol. The van der Waals surface area contributed by atoms with Crippen LogP contribution in [0.1, 0.15) is 27.7 Å². The third kappa shape index (κ3) is 2.72. The van der Waals surface area contributed by atoms with Crippen molar-refractivity contribution in [2.75, 3.05) is 0 Å². The molecule has 0 aliphatic carbocycles. The summed E-state index contributed by atoms with van der Waals surface area (Å²) < 4.78 is 32.5. The van der Waals surface area contributed by atoms with E-state index in [0.29, 0.717) is 0 Å². The fourth-order valence-corrected chi connectivity index (χ4v) is 5.19. The first-order valence-electron chi connectivity index (χ1n) is 6.06. The molecule has 0 aliphatic heterocycles. The van der Waals surface area contributed by atoms with Gasteiger partial charge in [0.05, 0.1) is 10.2 Å². The SMILES string of the molecule is CC(C)(Sc1nc2ccccc2s1)C(C)(C)S(=O)(=O)O. The van der Waals surface area contributed by atoms with Crippen molar-refractivity contribution < 1.29 is 13.0 Å². The van der Waals surface area contributed by atoms with Crippen LogP contribution in [-0.4, -0.2) is 27.4 Å². The molecule has 0 saturated carbocycles. The van der Waals surface area contributed by atoms with E-state index >= 15 is 0 Å². The van der Waals surface area contributed by atoms with Crippen LogP contribution in [0.3, 0.4) is 0 Å². The van der Waals surface area contributed by atoms with E-state index in [-0.39, 0.29) is 0 Å². The average Bonchev–Trinajstić information content (AvgIpc) is 2.68. The topological polar surface area (TPSA) is 67.3 Å². The zero-order valence-electron chi connectivity index (χ0n) is 11.7. The van der Waals surface area contributed by atoms with Gasteiger partial charge in [0, 0.05) is 4.75 Å². The lowest BCUT2D eigenvalue weighted by molar-refractivity contribution is 0.410. The van der Waals surface area contributed by atoms with E-state index in [4.69, 9.17) is 0 Å². The van der Waals surface area contributed by atoms with Crippen LogP contribution in [0.15, 0.2) is 28.6 Å². The molecule has 0 unspecified atom stereocenters. The zero-order chi connectivity index (χ0) is 15.2. The Kier molecular flexibility index (Phi) is 3.92. The molecule has 0 atom stereocenters. The Labute approximate surface area is 127 Å². The summed E-state index contributed by atoms with van der Waals surface area (Å²) in [5.41, 5.74) is 0.903. The lowest BCUT2D eigenvalue weighted by atomic mass is 9.98. The van der Waals surface area contributed by atoms with Gasteiger partial charge in [-0.2, -0.15) is 8.42 Å². The van der Waals surface area contributed by atoms with E-state index in [1.165, 1.54) is 36.9 Å². The fraction of sp³-hybridized carbons (Fsp3) is 0.462. The van der Waals surface area contributed by atoms with Crippen LogP contribution in [0.25, 0.3) is 10.2 Å². The first-order valence-corrected chi connectivity index (χ1v) is 9.13. The Morgan fingerprint density at radius 3 is 2.35 bits per heavy atom. The lowest BCUT2D eigenvalue weighted by Crippen LogP contribution is -2.48. The number of hydrogen-bond acceptors (Lipinski definition) is 5. The molecule has 1 aromatic heterocycles. The van der Waals surface area contributed by atoms with Gasteiger partial charge in [-0.1, -0.05) is 23.9 Å². The van der Waals surface area contributed by atoms with Crippen molar-refractivity contribution in [2.24, 2.45) is 0 Å². The summed E-state index contributed by atoms with van der Waals surface area (Å²) in [5.74, 6) is 0. The number of benzene rings is 1. The highest BCUT2D eigenvalue weighted by molar-refractivity contribution is 8.03. The highest BCUT2D eigenvalue weighted by Gasteiger charge is 2.48. The molecule has 1 N–H and O–H groups in total. The molecule has 20 heavy (non-hydrogen) atoms. The molecule has 110 valence electrons. The minimum atomic E-state index is -4.15. The van der Waals surface area contributed by atoms with Crippen LogP contribution in [0.4, 0.5) is 0 Å². The molecule has 7 heteroatoms. The van der Waals surface area contributed by atoms with Gasteiger partial charge in [-0.25, -0.2) is 4.98 Å². The standard InChI is InChI=1S/C13H17NO3S3/c1-12(2,13(3,4)20(15,16)17)19-11-14-9-7-5-6-8-10(9)18-11/h5-8H,1-4H3,(H,15,16,17). The van der Waals surface area contributed by atoms with Crippen LogP contribution in [0.2, 0.25) is 0 Å². The molecule has 0 amide bonds. The van der Waals surface area contributed by atoms with Crippen molar-refractivity contribution in [1.29, 1.82) is 0 Å². The van der Waals surface area contributed by atoms with Crippen LogP contribution in [-0.2, 0) is 10.1 Å². The van der Waals surface area contributed by atoms with Gasteiger partial charge in [0.2, 0.25) is 0 Å². The number of thiazole rings is 1. The largest absolute Gasteiger partial charge is 0.285 e. The molecule has 0 bridgehead atoms. The van der Waals surface area contributed by atoms with Gasteiger partial charge in [0.1, 0.15) is 4.75 Å². The van der Waals surface area contributed by atoms with Crippen molar-refractivity contribution in [3.63, 3.8) is 0 Å². The van der Waals surface area contributed by atoms with Crippen LogP contribution in [0, 0.1) is 0 Å². The maximum Gasteiger partial charge on any atom is 0.271 e. The normalized spacial score (nSPS) is 13.8. The monoisotopic (exact) mass is 331 g/mol. The van der Waals surface area contributed by atoms with E-state index in [2.05, 4.69) is 4.98 Å². The van der Waals surface area contributed by atoms with Crippen LogP contribution in [0.5, 0.6) is 0 Å². The van der Waals surface area contributed by atoms with Gasteiger partial charge >= 0.3 is 0 Å². The summed E-state index contributed by atoms with van der Waals surface area (Å²) in [5, 5.41) is 0. The molecule has 1 heterocycles. The Bertz CT molecular complexity index is 699. The van der Waals surface area contributed by atoms with Crippen molar-refractivity contribution in [3.8, 4) is 0 Å². The highest BCUT2D eigenvalue weighted by atomic mass is 32.2. The predicted octanol–water partition coefficient (Wildman–Crippen LogP) is 3.83. The maximum absolute atomic E-state index is 11.6. The fourth-order valence-electron chi connectivity index (χ4n) is 1.55. The molecule has 0 saturated heterocycles. The second-order valence-electron chi connectivity index (χ2n) is 5.55. The second-order valence-corrected chi connectivity index (χ2v) is 10.4. The molecule has 4 nitrogen and oxygen atoms in total. The first kappa shape index (κ1) is 15.8. The summed E-state index contributed by atoms with van der Waals surface area (Å²) >= 11 is 2.90.